The van der Waals surface area contributed by atoms with Gasteiger partial charge in [-0.1, -0.05) is 11.6 Å². The van der Waals surface area contributed by atoms with Crippen molar-refractivity contribution >= 4 is 11.6 Å². The maximum absolute atomic E-state index is 6.20. The van der Waals surface area contributed by atoms with Gasteiger partial charge in [0.05, 0.1) is 16.4 Å². The summed E-state index contributed by atoms with van der Waals surface area (Å²) in [6.45, 7) is 6.82. The lowest BCUT2D eigenvalue weighted by Gasteiger charge is -2.09. The lowest BCUT2D eigenvalue weighted by atomic mass is 10.2. The van der Waals surface area contributed by atoms with Crippen LogP contribution in [0.15, 0.2) is 12.3 Å². The Labute approximate surface area is 124 Å². The first-order valence-electron chi connectivity index (χ1n) is 6.97. The highest BCUT2D eigenvalue weighted by Crippen LogP contribution is 2.23. The van der Waals surface area contributed by atoms with Crippen molar-refractivity contribution in [3.05, 3.63) is 39.8 Å². The molecular weight excluding hydrogens is 272 g/mol. The molecule has 0 atom stereocenters. The van der Waals surface area contributed by atoms with Gasteiger partial charge in [-0.3, -0.25) is 0 Å². The molecule has 0 radical (unpaired) electrons. The second-order valence-corrected chi connectivity index (χ2v) is 5.91. The van der Waals surface area contributed by atoms with Crippen molar-refractivity contribution in [1.29, 1.82) is 0 Å². The Kier molecular flexibility index (Phi) is 3.52. The van der Waals surface area contributed by atoms with Crippen LogP contribution < -0.4 is 5.32 Å². The minimum Gasteiger partial charge on any atom is -0.310 e. The summed E-state index contributed by atoms with van der Waals surface area (Å²) in [5.41, 5.74) is 4.10. The first-order chi connectivity index (χ1) is 9.56. The molecule has 1 aliphatic carbocycles. The molecule has 0 bridgehead atoms. The van der Waals surface area contributed by atoms with Crippen molar-refractivity contribution < 1.29 is 0 Å². The monoisotopic (exact) mass is 290 g/mol. The predicted molar refractivity (Wildman–Crippen MR) is 80.4 cm³/mol. The van der Waals surface area contributed by atoms with Crippen LogP contribution in [0.3, 0.4) is 0 Å². The lowest BCUT2D eigenvalue weighted by molar-refractivity contribution is 0.683. The van der Waals surface area contributed by atoms with E-state index in [0.29, 0.717) is 11.1 Å². The third-order valence-corrected chi connectivity index (χ3v) is 4.23. The number of pyridine rings is 1. The normalized spacial score (nSPS) is 14.8. The van der Waals surface area contributed by atoms with Crippen molar-refractivity contribution in [2.24, 2.45) is 0 Å². The molecule has 5 heteroatoms. The maximum atomic E-state index is 6.20. The molecule has 0 aliphatic heterocycles. The van der Waals surface area contributed by atoms with Gasteiger partial charge < -0.3 is 5.32 Å². The molecule has 0 amide bonds. The fraction of sp³-hybridized carbons (Fsp3) is 0.467. The molecule has 3 rings (SSSR count). The summed E-state index contributed by atoms with van der Waals surface area (Å²) in [4.78, 5) is 4.56. The van der Waals surface area contributed by atoms with E-state index in [4.69, 9.17) is 11.6 Å². The molecule has 2 aromatic heterocycles. The molecule has 1 saturated carbocycles. The molecule has 0 unspecified atom stereocenters. The average Bonchev–Trinajstić information content (AvgIpc) is 3.21. The van der Waals surface area contributed by atoms with Crippen molar-refractivity contribution in [3.8, 4) is 5.82 Å². The number of nitrogens with one attached hydrogen (secondary N) is 1. The van der Waals surface area contributed by atoms with Crippen LogP contribution in [0.1, 0.15) is 35.4 Å². The zero-order valence-corrected chi connectivity index (χ0v) is 12.8. The Morgan fingerprint density at radius 1 is 1.35 bits per heavy atom. The fourth-order valence-corrected chi connectivity index (χ4v) is 2.44. The third-order valence-electron chi connectivity index (χ3n) is 3.68. The van der Waals surface area contributed by atoms with Crippen LogP contribution in [0.2, 0.25) is 5.02 Å². The first kappa shape index (κ1) is 13.6. The first-order valence-corrected chi connectivity index (χ1v) is 7.35. The molecule has 106 valence electrons. The minimum absolute atomic E-state index is 0.713. The van der Waals surface area contributed by atoms with Gasteiger partial charge in [0.2, 0.25) is 0 Å². The third kappa shape index (κ3) is 2.58. The largest absolute Gasteiger partial charge is 0.310 e. The van der Waals surface area contributed by atoms with Crippen LogP contribution in [0.5, 0.6) is 0 Å². The van der Waals surface area contributed by atoms with Gasteiger partial charge in [0, 0.05) is 18.8 Å². The molecule has 1 fully saturated rings. The number of hydrogen-bond donors (Lipinski definition) is 1. The zero-order chi connectivity index (χ0) is 14.3. The van der Waals surface area contributed by atoms with Gasteiger partial charge in [0.15, 0.2) is 5.82 Å². The number of hydrogen-bond acceptors (Lipinski definition) is 3. The molecule has 0 saturated heterocycles. The molecule has 0 spiro atoms. The van der Waals surface area contributed by atoms with Crippen LogP contribution in [0.25, 0.3) is 5.82 Å². The topological polar surface area (TPSA) is 42.7 Å². The Hall–Kier alpha value is -1.39. The van der Waals surface area contributed by atoms with E-state index in [0.717, 1.165) is 29.3 Å². The quantitative estimate of drug-likeness (QED) is 0.941. The summed E-state index contributed by atoms with van der Waals surface area (Å²) in [5, 5.41) is 8.68. The average molecular weight is 291 g/mol. The highest BCUT2D eigenvalue weighted by Gasteiger charge is 2.20. The van der Waals surface area contributed by atoms with Gasteiger partial charge >= 0.3 is 0 Å². The number of nitrogens with zero attached hydrogens (tertiary/aromatic N) is 3. The van der Waals surface area contributed by atoms with E-state index in [1.54, 1.807) is 0 Å². The van der Waals surface area contributed by atoms with Gasteiger partial charge in [0.1, 0.15) is 0 Å². The van der Waals surface area contributed by atoms with Gasteiger partial charge in [-0.25, -0.2) is 9.67 Å². The summed E-state index contributed by atoms with van der Waals surface area (Å²) < 4.78 is 1.82. The number of halogens is 1. The molecule has 2 heterocycles. The molecule has 1 aliphatic rings. The van der Waals surface area contributed by atoms with E-state index < -0.39 is 0 Å². The zero-order valence-electron chi connectivity index (χ0n) is 12.1. The van der Waals surface area contributed by atoms with E-state index in [1.807, 2.05) is 24.7 Å². The Morgan fingerprint density at radius 2 is 2.10 bits per heavy atom. The van der Waals surface area contributed by atoms with Crippen LogP contribution >= 0.6 is 11.6 Å². The van der Waals surface area contributed by atoms with E-state index in [-0.39, 0.29) is 0 Å². The minimum atomic E-state index is 0.713. The van der Waals surface area contributed by atoms with Gasteiger partial charge in [0.25, 0.3) is 0 Å². The number of aromatic nitrogens is 3. The second-order valence-electron chi connectivity index (χ2n) is 5.54. The summed E-state index contributed by atoms with van der Waals surface area (Å²) in [6, 6.07) is 2.88. The summed E-state index contributed by atoms with van der Waals surface area (Å²) in [6.07, 6.45) is 4.52. The van der Waals surface area contributed by atoms with Crippen molar-refractivity contribution in [3.63, 3.8) is 0 Å². The number of aryl methyl sites for hydroxylation is 2. The van der Waals surface area contributed by atoms with Crippen LogP contribution in [-0.4, -0.2) is 20.8 Å². The van der Waals surface area contributed by atoms with E-state index in [1.165, 1.54) is 18.4 Å². The van der Waals surface area contributed by atoms with E-state index in [2.05, 4.69) is 28.4 Å². The van der Waals surface area contributed by atoms with Crippen LogP contribution in [0.4, 0.5) is 0 Å². The van der Waals surface area contributed by atoms with Crippen molar-refractivity contribution in [2.75, 3.05) is 0 Å². The van der Waals surface area contributed by atoms with Gasteiger partial charge in [-0.15, -0.1) is 0 Å². The highest BCUT2D eigenvalue weighted by atomic mass is 35.5. The van der Waals surface area contributed by atoms with E-state index in [9.17, 15) is 0 Å². The Balaban J connectivity index is 1.87. The second kappa shape index (κ2) is 5.19. The van der Waals surface area contributed by atoms with E-state index >= 15 is 0 Å². The highest BCUT2D eigenvalue weighted by molar-refractivity contribution is 6.31. The van der Waals surface area contributed by atoms with Gasteiger partial charge in [-0.2, -0.15) is 5.10 Å². The van der Waals surface area contributed by atoms with Crippen LogP contribution in [0, 0.1) is 20.8 Å². The SMILES string of the molecule is Cc1cc(CNC2CC2)cnc1-n1nc(C)c(Cl)c1C. The predicted octanol–water partition coefficient (Wildman–Crippen LogP) is 3.10. The molecular formula is C15H19ClN4. The number of rotatable bonds is 4. The van der Waals surface area contributed by atoms with Crippen molar-refractivity contribution in [1.82, 2.24) is 20.1 Å². The Morgan fingerprint density at radius 3 is 2.65 bits per heavy atom. The maximum Gasteiger partial charge on any atom is 0.156 e. The summed E-state index contributed by atoms with van der Waals surface area (Å²) in [7, 11) is 0. The van der Waals surface area contributed by atoms with Crippen molar-refractivity contribution in [2.45, 2.75) is 46.2 Å². The standard InChI is InChI=1S/C15H19ClN4/c1-9-6-12(7-17-13-4-5-13)8-18-15(9)20-11(3)14(16)10(2)19-20/h6,8,13,17H,4-5,7H2,1-3H3. The molecule has 20 heavy (non-hydrogen) atoms. The smallest absolute Gasteiger partial charge is 0.156 e. The molecule has 0 aromatic carbocycles. The Bertz CT molecular complexity index is 644. The lowest BCUT2D eigenvalue weighted by Crippen LogP contribution is -2.16. The summed E-state index contributed by atoms with van der Waals surface area (Å²) >= 11 is 6.20. The summed E-state index contributed by atoms with van der Waals surface area (Å²) in [5.74, 6) is 0.854. The fourth-order valence-electron chi connectivity index (χ4n) is 2.32. The molecule has 1 N–H and O–H groups in total. The molecule has 4 nitrogen and oxygen atoms in total. The molecule has 2 aromatic rings. The van der Waals surface area contributed by atoms with Crippen LogP contribution in [-0.2, 0) is 6.54 Å². The van der Waals surface area contributed by atoms with Gasteiger partial charge in [-0.05, 0) is 50.8 Å².